The molecule has 0 aliphatic carbocycles. The van der Waals surface area contributed by atoms with Gasteiger partial charge in [-0.15, -0.1) is 0 Å². The maximum Gasteiger partial charge on any atom is 0.269 e. The fourth-order valence-electron chi connectivity index (χ4n) is 2.28. The van der Waals surface area contributed by atoms with E-state index < -0.39 is 28.6 Å². The highest BCUT2D eigenvalue weighted by Crippen LogP contribution is 2.20. The molecule has 2 aromatic heterocycles. The molecule has 0 unspecified atom stereocenters. The molecule has 3 aromatic rings. The van der Waals surface area contributed by atoms with Gasteiger partial charge in [-0.2, -0.15) is 0 Å². The molecule has 0 spiro atoms. The van der Waals surface area contributed by atoms with Crippen LogP contribution in [0.1, 0.15) is 18.8 Å². The molecular formula is C15H12F2N4O. The van der Waals surface area contributed by atoms with Crippen molar-refractivity contribution < 1.29 is 8.78 Å². The van der Waals surface area contributed by atoms with Crippen LogP contribution in [-0.4, -0.2) is 14.5 Å². The molecule has 0 saturated carbocycles. The van der Waals surface area contributed by atoms with Crippen molar-refractivity contribution in [2.45, 2.75) is 13.0 Å². The van der Waals surface area contributed by atoms with Crippen LogP contribution in [0.25, 0.3) is 16.6 Å². The van der Waals surface area contributed by atoms with Crippen LogP contribution in [0, 0.1) is 11.6 Å². The minimum atomic E-state index is -0.831. The SMILES string of the molecule is C[C@H](N)c1nc2c(F)ccc(F)c2c(=O)n1-c1cccnc1. The molecule has 5 nitrogen and oxygen atoms in total. The molecule has 7 heteroatoms. The standard InChI is InChI=1S/C15H12F2N4O/c1-8(18)14-20-13-11(17)5-4-10(16)12(13)15(22)21(14)9-3-2-6-19-7-9/h2-8H,18H2,1H3/t8-/m0/s1. The van der Waals surface area contributed by atoms with Crippen molar-refractivity contribution in [1.82, 2.24) is 14.5 Å². The van der Waals surface area contributed by atoms with Crippen LogP contribution in [-0.2, 0) is 0 Å². The van der Waals surface area contributed by atoms with E-state index in [0.29, 0.717) is 5.69 Å². The molecule has 22 heavy (non-hydrogen) atoms. The van der Waals surface area contributed by atoms with Gasteiger partial charge in [0.2, 0.25) is 0 Å². The Kier molecular flexibility index (Phi) is 3.42. The summed E-state index contributed by atoms with van der Waals surface area (Å²) in [5.41, 5.74) is 5.19. The summed E-state index contributed by atoms with van der Waals surface area (Å²) in [6.07, 6.45) is 2.97. The molecule has 0 bridgehead atoms. The lowest BCUT2D eigenvalue weighted by Gasteiger charge is -2.16. The highest BCUT2D eigenvalue weighted by molar-refractivity contribution is 5.79. The van der Waals surface area contributed by atoms with Gasteiger partial charge in [0, 0.05) is 6.20 Å². The Morgan fingerprint density at radius 1 is 1.23 bits per heavy atom. The Labute approximate surface area is 124 Å². The maximum absolute atomic E-state index is 14.0. The van der Waals surface area contributed by atoms with Gasteiger partial charge in [0.05, 0.1) is 17.9 Å². The van der Waals surface area contributed by atoms with E-state index in [4.69, 9.17) is 5.73 Å². The zero-order chi connectivity index (χ0) is 15.9. The predicted molar refractivity (Wildman–Crippen MR) is 77.7 cm³/mol. The number of benzene rings is 1. The van der Waals surface area contributed by atoms with Gasteiger partial charge in [-0.25, -0.2) is 13.8 Å². The Hall–Kier alpha value is -2.67. The quantitative estimate of drug-likeness (QED) is 0.786. The summed E-state index contributed by atoms with van der Waals surface area (Å²) in [6, 6.07) is 4.42. The number of nitrogens with zero attached hydrogens (tertiary/aromatic N) is 3. The molecule has 0 fully saturated rings. The first-order valence-electron chi connectivity index (χ1n) is 6.57. The average molecular weight is 302 g/mol. The highest BCUT2D eigenvalue weighted by Gasteiger charge is 2.20. The monoisotopic (exact) mass is 302 g/mol. The summed E-state index contributed by atoms with van der Waals surface area (Å²) in [6.45, 7) is 1.61. The number of pyridine rings is 1. The third-order valence-corrected chi connectivity index (χ3v) is 3.26. The van der Waals surface area contributed by atoms with Crippen LogP contribution >= 0.6 is 0 Å². The van der Waals surface area contributed by atoms with Crippen LogP contribution in [0.3, 0.4) is 0 Å². The van der Waals surface area contributed by atoms with Crippen molar-refractivity contribution in [3.05, 3.63) is 64.5 Å². The number of fused-ring (bicyclic) bond motifs is 1. The Balaban J connectivity index is 2.51. The van der Waals surface area contributed by atoms with Crippen molar-refractivity contribution in [2.24, 2.45) is 5.73 Å². The Morgan fingerprint density at radius 3 is 2.59 bits per heavy atom. The molecule has 0 aliphatic heterocycles. The fourth-order valence-corrected chi connectivity index (χ4v) is 2.28. The van der Waals surface area contributed by atoms with Crippen LogP contribution in [0.5, 0.6) is 0 Å². The summed E-state index contributed by atoms with van der Waals surface area (Å²) in [5, 5.41) is -0.409. The number of aromatic nitrogens is 3. The van der Waals surface area contributed by atoms with E-state index in [1.807, 2.05) is 0 Å². The molecule has 2 N–H and O–H groups in total. The molecule has 0 amide bonds. The van der Waals surface area contributed by atoms with E-state index in [9.17, 15) is 13.6 Å². The lowest BCUT2D eigenvalue weighted by Crippen LogP contribution is -2.28. The smallest absolute Gasteiger partial charge is 0.269 e. The van der Waals surface area contributed by atoms with Crippen molar-refractivity contribution in [2.75, 3.05) is 0 Å². The summed E-state index contributed by atoms with van der Waals surface area (Å²) in [5.74, 6) is -1.47. The average Bonchev–Trinajstić information content (AvgIpc) is 2.51. The van der Waals surface area contributed by atoms with Crippen LogP contribution < -0.4 is 11.3 Å². The van der Waals surface area contributed by atoms with E-state index in [0.717, 1.165) is 16.7 Å². The first-order valence-corrected chi connectivity index (χ1v) is 6.57. The minimum Gasteiger partial charge on any atom is -0.322 e. The zero-order valence-corrected chi connectivity index (χ0v) is 11.6. The largest absolute Gasteiger partial charge is 0.322 e. The third-order valence-electron chi connectivity index (χ3n) is 3.26. The molecule has 1 atom stereocenters. The van der Waals surface area contributed by atoms with Gasteiger partial charge in [0.15, 0.2) is 0 Å². The highest BCUT2D eigenvalue weighted by atomic mass is 19.1. The van der Waals surface area contributed by atoms with Gasteiger partial charge in [0.25, 0.3) is 5.56 Å². The molecular weight excluding hydrogens is 290 g/mol. The van der Waals surface area contributed by atoms with Crippen LogP contribution in [0.4, 0.5) is 8.78 Å². The van der Waals surface area contributed by atoms with Gasteiger partial charge in [-0.05, 0) is 31.2 Å². The normalized spacial score (nSPS) is 12.5. The van der Waals surface area contributed by atoms with E-state index in [-0.39, 0.29) is 11.3 Å². The van der Waals surface area contributed by atoms with E-state index >= 15 is 0 Å². The van der Waals surface area contributed by atoms with Crippen molar-refractivity contribution in [3.63, 3.8) is 0 Å². The zero-order valence-electron chi connectivity index (χ0n) is 11.6. The first-order chi connectivity index (χ1) is 10.5. The fraction of sp³-hybridized carbons (Fsp3) is 0.133. The number of nitrogens with two attached hydrogens (primary N) is 1. The molecule has 1 aromatic carbocycles. The van der Waals surface area contributed by atoms with Crippen LogP contribution in [0.2, 0.25) is 0 Å². The molecule has 2 heterocycles. The van der Waals surface area contributed by atoms with Gasteiger partial charge in [0.1, 0.15) is 28.4 Å². The van der Waals surface area contributed by atoms with Crippen LogP contribution in [0.15, 0.2) is 41.5 Å². The number of rotatable bonds is 2. The Bertz CT molecular complexity index is 907. The number of hydrogen-bond acceptors (Lipinski definition) is 4. The van der Waals surface area contributed by atoms with Gasteiger partial charge >= 0.3 is 0 Å². The van der Waals surface area contributed by atoms with Gasteiger partial charge in [-0.3, -0.25) is 14.3 Å². The van der Waals surface area contributed by atoms with Crippen molar-refractivity contribution in [1.29, 1.82) is 0 Å². The summed E-state index contributed by atoms with van der Waals surface area (Å²) >= 11 is 0. The summed E-state index contributed by atoms with van der Waals surface area (Å²) < 4.78 is 29.0. The Morgan fingerprint density at radius 2 is 1.95 bits per heavy atom. The van der Waals surface area contributed by atoms with Crippen molar-refractivity contribution >= 4 is 10.9 Å². The van der Waals surface area contributed by atoms with Crippen molar-refractivity contribution in [3.8, 4) is 5.69 Å². The van der Waals surface area contributed by atoms with Gasteiger partial charge < -0.3 is 5.73 Å². The summed E-state index contributed by atoms with van der Waals surface area (Å²) in [7, 11) is 0. The van der Waals surface area contributed by atoms with E-state index in [1.165, 1.54) is 12.4 Å². The maximum atomic E-state index is 14.0. The first kappa shape index (κ1) is 14.3. The number of hydrogen-bond donors (Lipinski definition) is 1. The molecule has 0 aliphatic rings. The third kappa shape index (κ3) is 2.15. The molecule has 0 saturated heterocycles. The minimum absolute atomic E-state index is 0.134. The molecule has 0 radical (unpaired) electrons. The predicted octanol–water partition coefficient (Wildman–Crippen LogP) is 2.08. The lowest BCUT2D eigenvalue weighted by molar-refractivity contribution is 0.607. The molecule has 112 valence electrons. The lowest BCUT2D eigenvalue weighted by atomic mass is 10.2. The topological polar surface area (TPSA) is 73.8 Å². The second kappa shape index (κ2) is 5.27. The summed E-state index contributed by atoms with van der Waals surface area (Å²) in [4.78, 5) is 20.7. The van der Waals surface area contributed by atoms with E-state index in [2.05, 4.69) is 9.97 Å². The second-order valence-corrected chi connectivity index (χ2v) is 4.86. The molecule has 3 rings (SSSR count). The van der Waals surface area contributed by atoms with Gasteiger partial charge in [-0.1, -0.05) is 0 Å². The second-order valence-electron chi connectivity index (χ2n) is 4.86. The van der Waals surface area contributed by atoms with E-state index in [1.54, 1.807) is 19.1 Å². The number of halogens is 2.